The van der Waals surface area contributed by atoms with Crippen molar-refractivity contribution in [2.45, 2.75) is 6.92 Å². The number of carbonyl (C=O) groups is 1. The lowest BCUT2D eigenvalue weighted by atomic mass is 10.2. The van der Waals surface area contributed by atoms with Gasteiger partial charge in [-0.15, -0.1) is 0 Å². The Bertz CT molecular complexity index is 449. The number of urea groups is 1. The molecule has 0 atom stereocenters. The highest BCUT2D eigenvalue weighted by Crippen LogP contribution is 2.31. The molecule has 0 aliphatic heterocycles. The van der Waals surface area contributed by atoms with Gasteiger partial charge in [-0.05, 0) is 13.0 Å². The van der Waals surface area contributed by atoms with Crippen LogP contribution in [0.25, 0.3) is 0 Å². The van der Waals surface area contributed by atoms with Crippen LogP contribution < -0.4 is 15.9 Å². The predicted octanol–water partition coefficient (Wildman–Crippen LogP) is 1.45. The summed E-state index contributed by atoms with van der Waals surface area (Å²) in [6.45, 7) is 2.20. The third-order valence-electron chi connectivity index (χ3n) is 1.76. The van der Waals surface area contributed by atoms with Crippen molar-refractivity contribution in [3.63, 3.8) is 0 Å². The number of primary amides is 1. The Kier molecular flexibility index (Phi) is 4.59. The zero-order chi connectivity index (χ0) is 12.8. The number of rotatable bonds is 4. The minimum absolute atomic E-state index is 0.0585. The van der Waals surface area contributed by atoms with Gasteiger partial charge in [-0.25, -0.2) is 10.2 Å². The maximum absolute atomic E-state index is 10.4. The van der Waals surface area contributed by atoms with E-state index in [9.17, 15) is 9.90 Å². The van der Waals surface area contributed by atoms with Gasteiger partial charge in [0.1, 0.15) is 0 Å². The molecule has 0 spiro atoms. The molecule has 0 heterocycles. The summed E-state index contributed by atoms with van der Waals surface area (Å²) in [6.07, 6.45) is 1.30. The van der Waals surface area contributed by atoms with Crippen LogP contribution in [0.15, 0.2) is 17.2 Å². The largest absolute Gasteiger partial charge is 0.504 e. The number of nitrogens with zero attached hydrogens (tertiary/aromatic N) is 1. The molecule has 0 fully saturated rings. The van der Waals surface area contributed by atoms with Crippen LogP contribution in [0.1, 0.15) is 12.5 Å². The molecule has 92 valence electrons. The van der Waals surface area contributed by atoms with Gasteiger partial charge in [-0.3, -0.25) is 0 Å². The molecule has 1 aromatic carbocycles. The molecule has 0 bridgehead atoms. The predicted molar refractivity (Wildman–Crippen MR) is 64.6 cm³/mol. The third-order valence-corrected chi connectivity index (χ3v) is 2.08. The molecule has 4 N–H and O–H groups in total. The monoisotopic (exact) mass is 257 g/mol. The van der Waals surface area contributed by atoms with Crippen LogP contribution in [-0.4, -0.2) is 24.0 Å². The van der Waals surface area contributed by atoms with Crippen molar-refractivity contribution in [1.82, 2.24) is 5.43 Å². The number of hydrazone groups is 1. The van der Waals surface area contributed by atoms with E-state index >= 15 is 0 Å². The first-order valence-electron chi connectivity index (χ1n) is 4.78. The van der Waals surface area contributed by atoms with Crippen molar-refractivity contribution in [2.75, 3.05) is 6.61 Å². The Hall–Kier alpha value is -1.95. The zero-order valence-corrected chi connectivity index (χ0v) is 9.86. The Labute approximate surface area is 103 Å². The van der Waals surface area contributed by atoms with Gasteiger partial charge in [0, 0.05) is 11.6 Å². The van der Waals surface area contributed by atoms with Crippen LogP contribution in [0.2, 0.25) is 5.02 Å². The number of phenolic OH excluding ortho intramolecular Hbond substituents is 1. The van der Waals surface area contributed by atoms with Crippen molar-refractivity contribution < 1.29 is 14.6 Å². The molecular formula is C10H12ClN3O3. The Morgan fingerprint density at radius 2 is 2.41 bits per heavy atom. The summed E-state index contributed by atoms with van der Waals surface area (Å²) in [5.41, 5.74) is 7.36. The number of carbonyl (C=O) groups excluding carboxylic acids is 1. The standard InChI is InChI=1S/C10H12ClN3O3/c1-2-17-9-3-6(5-13-14-10(12)16)7(11)4-8(9)15/h3-5,15H,2H2,1H3,(H3,12,14,16)/b13-5-. The highest BCUT2D eigenvalue weighted by Gasteiger charge is 2.07. The molecule has 2 amide bonds. The van der Waals surface area contributed by atoms with Crippen molar-refractivity contribution >= 4 is 23.8 Å². The maximum Gasteiger partial charge on any atom is 0.332 e. The molecule has 0 saturated carbocycles. The van der Waals surface area contributed by atoms with Gasteiger partial charge < -0.3 is 15.6 Å². The van der Waals surface area contributed by atoms with Gasteiger partial charge in [-0.1, -0.05) is 11.6 Å². The maximum atomic E-state index is 10.4. The molecule has 0 unspecified atom stereocenters. The molecule has 7 heteroatoms. The van der Waals surface area contributed by atoms with E-state index in [0.29, 0.717) is 12.2 Å². The van der Waals surface area contributed by atoms with Gasteiger partial charge in [0.15, 0.2) is 11.5 Å². The van der Waals surface area contributed by atoms with Crippen molar-refractivity contribution in [1.29, 1.82) is 0 Å². The van der Waals surface area contributed by atoms with E-state index in [0.717, 1.165) is 0 Å². The van der Waals surface area contributed by atoms with Crippen LogP contribution in [0.5, 0.6) is 11.5 Å². The Morgan fingerprint density at radius 3 is 3.00 bits per heavy atom. The van der Waals surface area contributed by atoms with Crippen LogP contribution in [0.3, 0.4) is 0 Å². The van der Waals surface area contributed by atoms with E-state index in [1.54, 1.807) is 6.92 Å². The van der Waals surface area contributed by atoms with Crippen molar-refractivity contribution in [2.24, 2.45) is 10.8 Å². The average Bonchev–Trinajstić information content (AvgIpc) is 2.24. The summed E-state index contributed by atoms with van der Waals surface area (Å²) in [5.74, 6) is 0.231. The smallest absolute Gasteiger partial charge is 0.332 e. The van der Waals surface area contributed by atoms with Gasteiger partial charge in [-0.2, -0.15) is 5.10 Å². The molecule has 0 aliphatic rings. The van der Waals surface area contributed by atoms with E-state index in [2.05, 4.69) is 5.10 Å². The number of halogens is 1. The average molecular weight is 258 g/mol. The minimum Gasteiger partial charge on any atom is -0.504 e. The number of ether oxygens (including phenoxy) is 1. The topological polar surface area (TPSA) is 96.9 Å². The van der Waals surface area contributed by atoms with E-state index in [4.69, 9.17) is 22.1 Å². The lowest BCUT2D eigenvalue weighted by molar-refractivity contribution is 0.249. The molecule has 0 radical (unpaired) electrons. The number of aromatic hydroxyl groups is 1. The van der Waals surface area contributed by atoms with Gasteiger partial charge >= 0.3 is 6.03 Å². The fraction of sp³-hybridized carbons (Fsp3) is 0.200. The summed E-state index contributed by atoms with van der Waals surface area (Å²) in [4.78, 5) is 10.4. The summed E-state index contributed by atoms with van der Waals surface area (Å²) in [6, 6.07) is 2.06. The van der Waals surface area contributed by atoms with Crippen molar-refractivity contribution in [3.05, 3.63) is 22.7 Å². The summed E-state index contributed by atoms with van der Waals surface area (Å²) < 4.78 is 5.18. The highest BCUT2D eigenvalue weighted by atomic mass is 35.5. The zero-order valence-electron chi connectivity index (χ0n) is 9.11. The molecule has 1 aromatic rings. The number of benzene rings is 1. The lowest BCUT2D eigenvalue weighted by Gasteiger charge is -2.07. The fourth-order valence-corrected chi connectivity index (χ4v) is 1.30. The van der Waals surface area contributed by atoms with E-state index in [1.807, 2.05) is 5.43 Å². The van der Waals surface area contributed by atoms with Crippen molar-refractivity contribution in [3.8, 4) is 11.5 Å². The number of amides is 2. The van der Waals surface area contributed by atoms with E-state index < -0.39 is 6.03 Å². The number of phenols is 1. The highest BCUT2D eigenvalue weighted by molar-refractivity contribution is 6.33. The number of nitrogens with two attached hydrogens (primary N) is 1. The van der Waals surface area contributed by atoms with E-state index in [1.165, 1.54) is 18.3 Å². The number of nitrogens with one attached hydrogen (secondary N) is 1. The van der Waals surface area contributed by atoms with Crippen LogP contribution in [0, 0.1) is 0 Å². The number of hydrogen-bond donors (Lipinski definition) is 3. The molecule has 6 nitrogen and oxygen atoms in total. The van der Waals surface area contributed by atoms with Gasteiger partial charge in [0.2, 0.25) is 0 Å². The third kappa shape index (κ3) is 3.84. The molecule has 0 saturated heterocycles. The Morgan fingerprint density at radius 1 is 1.71 bits per heavy atom. The van der Waals surface area contributed by atoms with Crippen LogP contribution in [0.4, 0.5) is 4.79 Å². The van der Waals surface area contributed by atoms with E-state index in [-0.39, 0.29) is 16.5 Å². The Balaban J connectivity index is 2.94. The summed E-state index contributed by atoms with van der Waals surface area (Å²) >= 11 is 5.87. The number of hydrogen-bond acceptors (Lipinski definition) is 4. The second kappa shape index (κ2) is 5.95. The normalized spacial score (nSPS) is 10.5. The molecule has 1 rings (SSSR count). The molecule has 17 heavy (non-hydrogen) atoms. The summed E-state index contributed by atoms with van der Waals surface area (Å²) in [7, 11) is 0. The van der Waals surface area contributed by atoms with Crippen LogP contribution in [-0.2, 0) is 0 Å². The second-order valence-electron chi connectivity index (χ2n) is 3.01. The summed E-state index contributed by atoms with van der Waals surface area (Å²) in [5, 5.41) is 13.4. The minimum atomic E-state index is -0.777. The molecule has 0 aromatic heterocycles. The second-order valence-corrected chi connectivity index (χ2v) is 3.42. The SMILES string of the molecule is CCOc1cc(/C=N\NC(N)=O)c(Cl)cc1O. The quantitative estimate of drug-likeness (QED) is 0.562. The first kappa shape index (κ1) is 13.1. The first-order chi connectivity index (χ1) is 8.04. The molecular weight excluding hydrogens is 246 g/mol. The van der Waals surface area contributed by atoms with Gasteiger partial charge in [0.25, 0.3) is 0 Å². The first-order valence-corrected chi connectivity index (χ1v) is 5.16. The van der Waals surface area contributed by atoms with Gasteiger partial charge in [0.05, 0.1) is 17.8 Å². The molecule has 0 aliphatic carbocycles. The lowest BCUT2D eigenvalue weighted by Crippen LogP contribution is -2.24. The van der Waals surface area contributed by atoms with Crippen LogP contribution >= 0.6 is 11.6 Å². The fourth-order valence-electron chi connectivity index (χ4n) is 1.09.